The lowest BCUT2D eigenvalue weighted by Gasteiger charge is -2.02. The first-order valence-electron chi connectivity index (χ1n) is 7.10. The second-order valence-corrected chi connectivity index (χ2v) is 5.02. The summed E-state index contributed by atoms with van der Waals surface area (Å²) in [6.45, 7) is 8.07. The molecule has 1 aromatic carbocycles. The molecule has 0 fully saturated rings. The van der Waals surface area contributed by atoms with Crippen molar-refractivity contribution in [2.75, 3.05) is 6.61 Å². The number of nitrogens with zero attached hydrogens (tertiary/aromatic N) is 1. The fraction of sp³-hybridized carbons (Fsp3) is 0.375. The van der Waals surface area contributed by atoms with Gasteiger partial charge >= 0.3 is 5.97 Å². The molecule has 1 heterocycles. The van der Waals surface area contributed by atoms with Gasteiger partial charge in [0.2, 0.25) is 0 Å². The third-order valence-corrected chi connectivity index (χ3v) is 3.54. The minimum Gasteiger partial charge on any atom is -0.462 e. The molecule has 21 heavy (non-hydrogen) atoms. The number of carbonyl (C=O) groups excluding carboxylic acids is 1. The Morgan fingerprint density at radius 3 is 2.43 bits per heavy atom. The van der Waals surface area contributed by atoms with Gasteiger partial charge in [0.15, 0.2) is 0 Å². The number of carbonyl (C=O) groups is 1. The van der Waals surface area contributed by atoms with E-state index in [0.717, 1.165) is 16.3 Å². The van der Waals surface area contributed by atoms with Crippen LogP contribution in [0.4, 0.5) is 0 Å². The standard InChI is InChI=1S/C14H16N2O2S.C2H6/c1-3-18-14(17)11-6-4-10(5-7-11)13-16-12(8-19-13)9(2)15;1-2/h4-9H,3,15H2,1-2H3;1-2H3. The topological polar surface area (TPSA) is 65.2 Å². The molecule has 0 spiro atoms. The summed E-state index contributed by atoms with van der Waals surface area (Å²) < 4.78 is 4.94. The third kappa shape index (κ3) is 4.65. The Balaban J connectivity index is 0.00000106. The van der Waals surface area contributed by atoms with Gasteiger partial charge in [-0.05, 0) is 26.0 Å². The first kappa shape index (κ1) is 17.3. The van der Waals surface area contributed by atoms with E-state index in [4.69, 9.17) is 10.5 Å². The predicted octanol–water partition coefficient (Wildman–Crippen LogP) is 4.03. The van der Waals surface area contributed by atoms with E-state index in [0.29, 0.717) is 12.2 Å². The molecule has 0 saturated heterocycles. The average molecular weight is 306 g/mol. The highest BCUT2D eigenvalue weighted by molar-refractivity contribution is 7.13. The Morgan fingerprint density at radius 2 is 1.95 bits per heavy atom. The molecule has 4 nitrogen and oxygen atoms in total. The summed E-state index contributed by atoms with van der Waals surface area (Å²) >= 11 is 1.55. The zero-order valence-electron chi connectivity index (χ0n) is 12.9. The maximum absolute atomic E-state index is 11.5. The molecule has 0 aliphatic heterocycles. The first-order valence-corrected chi connectivity index (χ1v) is 7.98. The van der Waals surface area contributed by atoms with Crippen molar-refractivity contribution in [2.24, 2.45) is 5.73 Å². The van der Waals surface area contributed by atoms with Crippen molar-refractivity contribution in [1.82, 2.24) is 4.98 Å². The maximum Gasteiger partial charge on any atom is 0.338 e. The Kier molecular flexibility index (Phi) is 7.05. The number of hydrogen-bond acceptors (Lipinski definition) is 5. The predicted molar refractivity (Wildman–Crippen MR) is 87.5 cm³/mol. The Morgan fingerprint density at radius 1 is 1.33 bits per heavy atom. The number of esters is 1. The fourth-order valence-electron chi connectivity index (χ4n) is 1.59. The van der Waals surface area contributed by atoms with Crippen LogP contribution >= 0.6 is 11.3 Å². The normalized spacial score (nSPS) is 11.3. The molecule has 0 aliphatic carbocycles. The Labute approximate surface area is 130 Å². The van der Waals surface area contributed by atoms with Crippen LogP contribution < -0.4 is 5.73 Å². The van der Waals surface area contributed by atoms with E-state index in [1.165, 1.54) is 0 Å². The molecule has 5 heteroatoms. The first-order chi connectivity index (χ1) is 10.1. The third-order valence-electron chi connectivity index (χ3n) is 2.63. The summed E-state index contributed by atoms with van der Waals surface area (Å²) in [6, 6.07) is 7.18. The molecule has 0 amide bonds. The summed E-state index contributed by atoms with van der Waals surface area (Å²) in [4.78, 5) is 16.0. The largest absolute Gasteiger partial charge is 0.462 e. The minimum atomic E-state index is -0.301. The highest BCUT2D eigenvalue weighted by Crippen LogP contribution is 2.25. The van der Waals surface area contributed by atoms with E-state index >= 15 is 0 Å². The summed E-state index contributed by atoms with van der Waals surface area (Å²) in [5.74, 6) is -0.301. The molecule has 2 rings (SSSR count). The molecule has 1 aromatic heterocycles. The molecule has 0 bridgehead atoms. The highest BCUT2D eigenvalue weighted by atomic mass is 32.1. The zero-order chi connectivity index (χ0) is 15.8. The molecule has 2 aromatic rings. The molecular weight excluding hydrogens is 284 g/mol. The van der Waals surface area contributed by atoms with Crippen molar-refractivity contribution >= 4 is 17.3 Å². The second kappa shape index (κ2) is 8.54. The van der Waals surface area contributed by atoms with Crippen molar-refractivity contribution in [3.63, 3.8) is 0 Å². The van der Waals surface area contributed by atoms with Gasteiger partial charge in [-0.3, -0.25) is 0 Å². The molecule has 0 aliphatic rings. The van der Waals surface area contributed by atoms with Gasteiger partial charge in [0.25, 0.3) is 0 Å². The van der Waals surface area contributed by atoms with Gasteiger partial charge in [-0.25, -0.2) is 9.78 Å². The number of benzene rings is 1. The molecule has 1 atom stereocenters. The van der Waals surface area contributed by atoms with Crippen molar-refractivity contribution in [2.45, 2.75) is 33.7 Å². The number of rotatable bonds is 4. The van der Waals surface area contributed by atoms with Crippen molar-refractivity contribution in [1.29, 1.82) is 0 Å². The van der Waals surface area contributed by atoms with Gasteiger partial charge in [-0.2, -0.15) is 0 Å². The lowest BCUT2D eigenvalue weighted by Crippen LogP contribution is -2.05. The summed E-state index contributed by atoms with van der Waals surface area (Å²) in [7, 11) is 0. The second-order valence-electron chi connectivity index (χ2n) is 4.16. The van der Waals surface area contributed by atoms with Crippen molar-refractivity contribution < 1.29 is 9.53 Å². The Hall–Kier alpha value is -1.72. The van der Waals surface area contributed by atoms with Gasteiger partial charge in [0, 0.05) is 17.0 Å². The van der Waals surface area contributed by atoms with Gasteiger partial charge in [0.05, 0.1) is 17.9 Å². The van der Waals surface area contributed by atoms with Crippen LogP contribution in [-0.2, 0) is 4.74 Å². The van der Waals surface area contributed by atoms with E-state index < -0.39 is 0 Å². The number of ether oxygens (including phenoxy) is 1. The van der Waals surface area contributed by atoms with Crippen LogP contribution in [0, 0.1) is 0 Å². The molecule has 114 valence electrons. The van der Waals surface area contributed by atoms with E-state index in [-0.39, 0.29) is 12.0 Å². The minimum absolute atomic E-state index is 0.0659. The lowest BCUT2D eigenvalue weighted by molar-refractivity contribution is 0.0526. The van der Waals surface area contributed by atoms with Crippen LogP contribution in [0.2, 0.25) is 0 Å². The number of hydrogen-bond donors (Lipinski definition) is 1. The number of aromatic nitrogens is 1. The van der Waals surface area contributed by atoms with Crippen molar-refractivity contribution in [3.8, 4) is 10.6 Å². The molecule has 1 unspecified atom stereocenters. The SMILES string of the molecule is CC.CCOC(=O)c1ccc(-c2nc(C(C)N)cs2)cc1. The average Bonchev–Trinajstić information content (AvgIpc) is 3.00. The summed E-state index contributed by atoms with van der Waals surface area (Å²) in [5, 5.41) is 2.86. The van der Waals surface area contributed by atoms with Crippen LogP contribution in [0.3, 0.4) is 0 Å². The Bertz CT molecular complexity index is 562. The van der Waals surface area contributed by atoms with E-state index in [1.807, 2.05) is 38.3 Å². The van der Waals surface area contributed by atoms with Gasteiger partial charge in [-0.1, -0.05) is 26.0 Å². The molecule has 2 N–H and O–H groups in total. The molecule has 0 radical (unpaired) electrons. The highest BCUT2D eigenvalue weighted by Gasteiger charge is 2.10. The summed E-state index contributed by atoms with van der Waals surface area (Å²) in [6.07, 6.45) is 0. The van der Waals surface area contributed by atoms with Crippen molar-refractivity contribution in [3.05, 3.63) is 40.9 Å². The quantitative estimate of drug-likeness (QED) is 0.866. The van der Waals surface area contributed by atoms with Crippen LogP contribution in [-0.4, -0.2) is 17.6 Å². The van der Waals surface area contributed by atoms with Crippen LogP contribution in [0.1, 0.15) is 49.8 Å². The summed E-state index contributed by atoms with van der Waals surface area (Å²) in [5.41, 5.74) is 8.20. The van der Waals surface area contributed by atoms with Crippen LogP contribution in [0.5, 0.6) is 0 Å². The van der Waals surface area contributed by atoms with Crippen LogP contribution in [0.25, 0.3) is 10.6 Å². The number of nitrogens with two attached hydrogens (primary N) is 1. The van der Waals surface area contributed by atoms with Gasteiger partial charge in [0.1, 0.15) is 5.01 Å². The maximum atomic E-state index is 11.5. The van der Waals surface area contributed by atoms with E-state index in [1.54, 1.807) is 30.4 Å². The van der Waals surface area contributed by atoms with Crippen LogP contribution in [0.15, 0.2) is 29.6 Å². The van der Waals surface area contributed by atoms with Gasteiger partial charge < -0.3 is 10.5 Å². The smallest absolute Gasteiger partial charge is 0.338 e. The molecular formula is C16H22N2O2S. The lowest BCUT2D eigenvalue weighted by atomic mass is 10.1. The fourth-order valence-corrected chi connectivity index (χ4v) is 2.52. The van der Waals surface area contributed by atoms with E-state index in [2.05, 4.69) is 4.98 Å². The monoisotopic (exact) mass is 306 g/mol. The molecule has 0 saturated carbocycles. The zero-order valence-corrected chi connectivity index (χ0v) is 13.7. The van der Waals surface area contributed by atoms with Gasteiger partial charge in [-0.15, -0.1) is 11.3 Å². The number of thiazole rings is 1. The van der Waals surface area contributed by atoms with E-state index in [9.17, 15) is 4.79 Å².